The zero-order valence-corrected chi connectivity index (χ0v) is 16.3. The molecule has 0 aliphatic carbocycles. The average molecular weight is 367 g/mol. The molecule has 144 valence electrons. The number of amides is 2. The van der Waals surface area contributed by atoms with E-state index in [1.165, 1.54) is 0 Å². The molecule has 0 bridgehead atoms. The zero-order chi connectivity index (χ0) is 19.5. The second-order valence-electron chi connectivity index (χ2n) is 6.73. The van der Waals surface area contributed by atoms with Gasteiger partial charge in [-0.1, -0.05) is 74.5 Å². The highest BCUT2D eigenvalue weighted by Gasteiger charge is 2.14. The Bertz CT molecular complexity index is 639. The van der Waals surface area contributed by atoms with E-state index in [1.54, 1.807) is 0 Å². The Balaban J connectivity index is 1.74. The van der Waals surface area contributed by atoms with Crippen molar-refractivity contribution in [2.24, 2.45) is 0 Å². The Morgan fingerprint density at radius 2 is 1.07 bits per heavy atom. The van der Waals surface area contributed by atoms with E-state index in [2.05, 4.69) is 24.5 Å². The lowest BCUT2D eigenvalue weighted by molar-refractivity contribution is -0.123. The minimum atomic E-state index is -0.00592. The molecular formula is C23H30N2O2. The van der Waals surface area contributed by atoms with Crippen LogP contribution < -0.4 is 10.6 Å². The first kappa shape index (κ1) is 20.7. The first-order chi connectivity index (χ1) is 13.1. The Labute approximate surface area is 162 Å². The maximum absolute atomic E-state index is 12.2. The fourth-order valence-electron chi connectivity index (χ4n) is 3.16. The van der Waals surface area contributed by atoms with Crippen LogP contribution in [0, 0.1) is 0 Å². The molecule has 0 aromatic heterocycles. The average Bonchev–Trinajstić information content (AvgIpc) is 2.71. The van der Waals surface area contributed by atoms with Crippen molar-refractivity contribution in [3.8, 4) is 0 Å². The summed E-state index contributed by atoms with van der Waals surface area (Å²) in [5.41, 5.74) is 2.22. The van der Waals surface area contributed by atoms with E-state index in [9.17, 15) is 9.59 Å². The van der Waals surface area contributed by atoms with Crippen molar-refractivity contribution in [2.45, 2.75) is 58.0 Å². The summed E-state index contributed by atoms with van der Waals surface area (Å²) < 4.78 is 0. The molecule has 0 fully saturated rings. The lowest BCUT2D eigenvalue weighted by Gasteiger charge is -2.18. The zero-order valence-electron chi connectivity index (χ0n) is 16.3. The van der Waals surface area contributed by atoms with Crippen molar-refractivity contribution in [3.05, 3.63) is 71.8 Å². The van der Waals surface area contributed by atoms with Crippen LogP contribution in [-0.2, 0) is 9.59 Å². The number of benzene rings is 2. The van der Waals surface area contributed by atoms with Crippen LogP contribution >= 0.6 is 0 Å². The van der Waals surface area contributed by atoms with Gasteiger partial charge >= 0.3 is 0 Å². The van der Waals surface area contributed by atoms with Crippen molar-refractivity contribution < 1.29 is 9.59 Å². The predicted octanol–water partition coefficient (Wildman–Crippen LogP) is 4.69. The van der Waals surface area contributed by atoms with Crippen LogP contribution in [0.5, 0.6) is 0 Å². The Kier molecular flexibility index (Phi) is 8.56. The highest BCUT2D eigenvalue weighted by molar-refractivity contribution is 5.79. The van der Waals surface area contributed by atoms with E-state index in [-0.39, 0.29) is 23.9 Å². The molecular weight excluding hydrogens is 336 g/mol. The summed E-state index contributed by atoms with van der Waals surface area (Å²) in [5, 5.41) is 6.13. The number of hydrogen-bond acceptors (Lipinski definition) is 2. The topological polar surface area (TPSA) is 58.2 Å². The molecule has 0 aliphatic rings. The molecule has 0 aliphatic heterocycles. The van der Waals surface area contributed by atoms with Gasteiger partial charge in [-0.25, -0.2) is 0 Å². The van der Waals surface area contributed by atoms with Gasteiger partial charge in [-0.3, -0.25) is 9.59 Å². The van der Waals surface area contributed by atoms with Crippen LogP contribution in [0.15, 0.2) is 60.7 Å². The van der Waals surface area contributed by atoms with Crippen LogP contribution in [0.2, 0.25) is 0 Å². The second kappa shape index (κ2) is 11.2. The van der Waals surface area contributed by atoms with Crippen molar-refractivity contribution in [2.75, 3.05) is 0 Å². The number of carbonyl (C=O) groups is 2. The van der Waals surface area contributed by atoms with Crippen molar-refractivity contribution in [3.63, 3.8) is 0 Å². The molecule has 2 aromatic carbocycles. The van der Waals surface area contributed by atoms with Crippen molar-refractivity contribution in [1.29, 1.82) is 0 Å². The van der Waals surface area contributed by atoms with E-state index in [1.807, 2.05) is 60.7 Å². The van der Waals surface area contributed by atoms with Crippen LogP contribution in [0.3, 0.4) is 0 Å². The normalized spacial score (nSPS) is 12.8. The summed E-state index contributed by atoms with van der Waals surface area (Å²) in [6.45, 7) is 4.11. The van der Waals surface area contributed by atoms with E-state index in [0.717, 1.165) is 24.0 Å². The van der Waals surface area contributed by atoms with Crippen LogP contribution in [0.1, 0.15) is 69.2 Å². The molecule has 27 heavy (non-hydrogen) atoms. The highest BCUT2D eigenvalue weighted by atomic mass is 16.2. The Morgan fingerprint density at radius 1 is 0.704 bits per heavy atom. The van der Waals surface area contributed by atoms with Crippen molar-refractivity contribution >= 4 is 11.8 Å². The monoisotopic (exact) mass is 366 g/mol. The van der Waals surface area contributed by atoms with Gasteiger partial charge in [0, 0.05) is 12.8 Å². The highest BCUT2D eigenvalue weighted by Crippen LogP contribution is 2.17. The Hall–Kier alpha value is -2.62. The van der Waals surface area contributed by atoms with Gasteiger partial charge in [-0.2, -0.15) is 0 Å². The summed E-state index contributed by atoms with van der Waals surface area (Å²) in [4.78, 5) is 24.4. The molecule has 0 heterocycles. The maximum atomic E-state index is 12.2. The van der Waals surface area contributed by atoms with E-state index >= 15 is 0 Å². The predicted molar refractivity (Wildman–Crippen MR) is 109 cm³/mol. The molecule has 2 unspecified atom stereocenters. The fraction of sp³-hybridized carbons (Fsp3) is 0.391. The van der Waals surface area contributed by atoms with Crippen molar-refractivity contribution in [1.82, 2.24) is 10.6 Å². The fourth-order valence-corrected chi connectivity index (χ4v) is 3.16. The summed E-state index contributed by atoms with van der Waals surface area (Å²) in [6, 6.07) is 20.0. The summed E-state index contributed by atoms with van der Waals surface area (Å²) in [5.74, 6) is -0.0118. The van der Waals surface area contributed by atoms with Gasteiger partial charge in [-0.15, -0.1) is 0 Å². The molecule has 0 saturated heterocycles. The Morgan fingerprint density at radius 3 is 1.41 bits per heavy atom. The number of carbonyl (C=O) groups excluding carboxylic acids is 2. The third-order valence-corrected chi connectivity index (χ3v) is 4.70. The first-order valence-electron chi connectivity index (χ1n) is 9.82. The molecule has 2 atom stereocenters. The molecule has 4 heteroatoms. The number of hydrogen-bond donors (Lipinski definition) is 2. The lowest BCUT2D eigenvalue weighted by atomic mass is 10.0. The molecule has 0 spiro atoms. The van der Waals surface area contributed by atoms with Gasteiger partial charge in [0.1, 0.15) is 0 Å². The number of rotatable bonds is 10. The van der Waals surface area contributed by atoms with Gasteiger partial charge in [-0.05, 0) is 30.4 Å². The SMILES string of the molecule is CCC(NC(=O)CCCC(=O)NC(CC)c1ccccc1)c1ccccc1. The molecule has 0 saturated carbocycles. The van der Waals surface area contributed by atoms with Crippen LogP contribution in [0.4, 0.5) is 0 Å². The van der Waals surface area contributed by atoms with E-state index < -0.39 is 0 Å². The smallest absolute Gasteiger partial charge is 0.220 e. The van der Waals surface area contributed by atoms with E-state index in [0.29, 0.717) is 19.3 Å². The molecule has 0 radical (unpaired) electrons. The third-order valence-electron chi connectivity index (χ3n) is 4.70. The van der Waals surface area contributed by atoms with Gasteiger partial charge in [0.25, 0.3) is 0 Å². The molecule has 4 nitrogen and oxygen atoms in total. The largest absolute Gasteiger partial charge is 0.349 e. The van der Waals surface area contributed by atoms with Gasteiger partial charge in [0.15, 0.2) is 0 Å². The lowest BCUT2D eigenvalue weighted by Crippen LogP contribution is -2.30. The summed E-state index contributed by atoms with van der Waals surface area (Å²) in [6.07, 6.45) is 2.95. The van der Waals surface area contributed by atoms with Gasteiger partial charge in [0.05, 0.1) is 12.1 Å². The minimum absolute atomic E-state index is 0.00592. The maximum Gasteiger partial charge on any atom is 0.220 e. The quantitative estimate of drug-likeness (QED) is 0.641. The summed E-state index contributed by atoms with van der Waals surface area (Å²) in [7, 11) is 0. The first-order valence-corrected chi connectivity index (χ1v) is 9.82. The molecule has 2 amide bonds. The van der Waals surface area contributed by atoms with E-state index in [4.69, 9.17) is 0 Å². The molecule has 2 aromatic rings. The minimum Gasteiger partial charge on any atom is -0.349 e. The molecule has 2 rings (SSSR count). The van der Waals surface area contributed by atoms with Gasteiger partial charge < -0.3 is 10.6 Å². The number of nitrogens with one attached hydrogen (secondary N) is 2. The summed E-state index contributed by atoms with van der Waals surface area (Å²) >= 11 is 0. The second-order valence-corrected chi connectivity index (χ2v) is 6.73. The van der Waals surface area contributed by atoms with Crippen LogP contribution in [0.25, 0.3) is 0 Å². The standard InChI is InChI=1S/C23H30N2O2/c1-3-20(18-12-7-5-8-13-18)24-22(26)16-11-17-23(27)25-21(4-2)19-14-9-6-10-15-19/h5-10,12-15,20-21H,3-4,11,16-17H2,1-2H3,(H,24,26)(H,25,27). The third kappa shape index (κ3) is 6.89. The van der Waals surface area contributed by atoms with Crippen LogP contribution in [-0.4, -0.2) is 11.8 Å². The molecule has 2 N–H and O–H groups in total. The van der Waals surface area contributed by atoms with Gasteiger partial charge in [0.2, 0.25) is 11.8 Å².